The molecule has 0 saturated heterocycles. The van der Waals surface area contributed by atoms with E-state index in [4.69, 9.17) is 0 Å². The van der Waals surface area contributed by atoms with Crippen LogP contribution in [0.3, 0.4) is 0 Å². The Labute approximate surface area is 127 Å². The molecule has 6 heteroatoms. The van der Waals surface area contributed by atoms with E-state index >= 15 is 0 Å². The molecule has 1 saturated carbocycles. The van der Waals surface area contributed by atoms with Gasteiger partial charge in [-0.3, -0.25) is 0 Å². The zero-order valence-electron chi connectivity index (χ0n) is 12.3. The largest absolute Gasteiger partial charge is 0.416 e. The van der Waals surface area contributed by atoms with Crippen LogP contribution in [-0.2, 0) is 6.18 Å². The second-order valence-corrected chi connectivity index (χ2v) is 6.05. The van der Waals surface area contributed by atoms with Gasteiger partial charge in [0.15, 0.2) is 0 Å². The summed E-state index contributed by atoms with van der Waals surface area (Å²) >= 11 is 0. The molecule has 1 N–H and O–H groups in total. The number of nitrogens with zero attached hydrogens (tertiary/aromatic N) is 2. The number of aromatic nitrogens is 2. The van der Waals surface area contributed by atoms with Crippen LogP contribution in [0.2, 0.25) is 0 Å². The maximum Gasteiger partial charge on any atom is 0.416 e. The number of hydrogen-bond donors (Lipinski definition) is 1. The van der Waals surface area contributed by atoms with Gasteiger partial charge in [-0.25, -0.2) is 9.97 Å². The number of hydrogen-bond acceptors (Lipinski definition) is 3. The van der Waals surface area contributed by atoms with Gasteiger partial charge >= 0.3 is 6.18 Å². The van der Waals surface area contributed by atoms with E-state index in [0.717, 1.165) is 43.7 Å². The van der Waals surface area contributed by atoms with Gasteiger partial charge in [0, 0.05) is 11.4 Å². The number of halogens is 3. The maximum absolute atomic E-state index is 12.9. The van der Waals surface area contributed by atoms with Gasteiger partial charge in [-0.2, -0.15) is 13.2 Å². The van der Waals surface area contributed by atoms with Crippen molar-refractivity contribution < 1.29 is 13.2 Å². The molecule has 0 aliphatic heterocycles. The number of rotatable bonds is 2. The molecule has 1 aromatic heterocycles. The lowest BCUT2D eigenvalue weighted by atomic mass is 9.87. The van der Waals surface area contributed by atoms with Crippen LogP contribution in [0.1, 0.15) is 38.2 Å². The molecule has 0 radical (unpaired) electrons. The van der Waals surface area contributed by atoms with E-state index in [1.807, 2.05) is 0 Å². The standard InChI is InChI=1S/C16H18F3N3/c1-10-2-5-12(6-3-10)22-15-13-8-11(16(17,18)19)4-7-14(13)20-9-21-15/h4,7-10,12H,2-3,5-6H2,1H3,(H,20,21,22). The van der Waals surface area contributed by atoms with Crippen LogP contribution in [0, 0.1) is 5.92 Å². The van der Waals surface area contributed by atoms with Crippen LogP contribution in [-0.4, -0.2) is 16.0 Å². The molecule has 3 rings (SSSR count). The van der Waals surface area contributed by atoms with Crippen molar-refractivity contribution >= 4 is 16.7 Å². The Morgan fingerprint density at radius 3 is 2.50 bits per heavy atom. The minimum atomic E-state index is -4.36. The molecule has 0 spiro atoms. The summed E-state index contributed by atoms with van der Waals surface area (Å²) in [5.41, 5.74) is -0.148. The summed E-state index contributed by atoms with van der Waals surface area (Å²) in [5.74, 6) is 1.22. The van der Waals surface area contributed by atoms with E-state index < -0.39 is 11.7 Å². The van der Waals surface area contributed by atoms with E-state index in [2.05, 4.69) is 22.2 Å². The van der Waals surface area contributed by atoms with Crippen molar-refractivity contribution in [2.24, 2.45) is 5.92 Å². The molecule has 1 aliphatic carbocycles. The normalized spacial score (nSPS) is 22.7. The first kappa shape index (κ1) is 15.1. The first-order valence-corrected chi connectivity index (χ1v) is 7.52. The maximum atomic E-state index is 12.9. The lowest BCUT2D eigenvalue weighted by Crippen LogP contribution is -2.25. The molecule has 0 bridgehead atoms. The summed E-state index contributed by atoms with van der Waals surface area (Å²) in [6, 6.07) is 3.85. The summed E-state index contributed by atoms with van der Waals surface area (Å²) < 4.78 is 38.7. The molecule has 0 atom stereocenters. The Morgan fingerprint density at radius 1 is 1.09 bits per heavy atom. The van der Waals surface area contributed by atoms with Gasteiger partial charge < -0.3 is 5.32 Å². The molecule has 0 amide bonds. The Bertz CT molecular complexity index is 661. The lowest BCUT2D eigenvalue weighted by Gasteiger charge is -2.27. The highest BCUT2D eigenvalue weighted by Crippen LogP contribution is 2.33. The smallest absolute Gasteiger partial charge is 0.367 e. The fourth-order valence-corrected chi connectivity index (χ4v) is 2.95. The van der Waals surface area contributed by atoms with Gasteiger partial charge in [-0.1, -0.05) is 6.92 Å². The summed E-state index contributed by atoms with van der Waals surface area (Å²) in [6.07, 6.45) is 1.34. The van der Waals surface area contributed by atoms with Gasteiger partial charge in [-0.05, 0) is 49.8 Å². The highest BCUT2D eigenvalue weighted by atomic mass is 19.4. The van der Waals surface area contributed by atoms with Crippen molar-refractivity contribution in [1.82, 2.24) is 9.97 Å². The summed E-state index contributed by atoms with van der Waals surface area (Å²) in [5, 5.41) is 3.73. The third-order valence-electron chi connectivity index (χ3n) is 4.32. The molecule has 22 heavy (non-hydrogen) atoms. The fraction of sp³-hybridized carbons (Fsp3) is 0.500. The van der Waals surface area contributed by atoms with Crippen molar-refractivity contribution in [2.75, 3.05) is 5.32 Å². The quantitative estimate of drug-likeness (QED) is 0.878. The molecular formula is C16H18F3N3. The molecule has 1 heterocycles. The van der Waals surface area contributed by atoms with Crippen LogP contribution in [0.4, 0.5) is 19.0 Å². The van der Waals surface area contributed by atoms with E-state index in [9.17, 15) is 13.2 Å². The van der Waals surface area contributed by atoms with Crippen LogP contribution in [0.25, 0.3) is 10.9 Å². The van der Waals surface area contributed by atoms with E-state index in [0.29, 0.717) is 16.7 Å². The minimum absolute atomic E-state index is 0.267. The van der Waals surface area contributed by atoms with E-state index in [1.165, 1.54) is 12.4 Å². The van der Waals surface area contributed by atoms with Gasteiger partial charge in [0.25, 0.3) is 0 Å². The Balaban J connectivity index is 1.91. The topological polar surface area (TPSA) is 37.8 Å². The highest BCUT2D eigenvalue weighted by Gasteiger charge is 2.31. The van der Waals surface area contributed by atoms with Crippen molar-refractivity contribution in [3.05, 3.63) is 30.1 Å². The molecule has 1 aliphatic rings. The van der Waals surface area contributed by atoms with Crippen molar-refractivity contribution in [2.45, 2.75) is 44.8 Å². The van der Waals surface area contributed by atoms with Gasteiger partial charge in [0.1, 0.15) is 12.1 Å². The fourth-order valence-electron chi connectivity index (χ4n) is 2.95. The Kier molecular flexibility index (Phi) is 3.93. The first-order valence-electron chi connectivity index (χ1n) is 7.52. The number of fused-ring (bicyclic) bond motifs is 1. The highest BCUT2D eigenvalue weighted by molar-refractivity contribution is 5.89. The molecule has 2 aromatic rings. The second kappa shape index (κ2) is 5.74. The van der Waals surface area contributed by atoms with E-state index in [-0.39, 0.29) is 6.04 Å². The Morgan fingerprint density at radius 2 is 1.82 bits per heavy atom. The predicted molar refractivity (Wildman–Crippen MR) is 79.6 cm³/mol. The molecule has 1 aromatic carbocycles. The Hall–Kier alpha value is -1.85. The number of anilines is 1. The van der Waals surface area contributed by atoms with Crippen molar-refractivity contribution in [3.63, 3.8) is 0 Å². The summed E-state index contributed by atoms with van der Waals surface area (Å²) in [7, 11) is 0. The van der Waals surface area contributed by atoms with Crippen LogP contribution < -0.4 is 5.32 Å². The molecule has 3 nitrogen and oxygen atoms in total. The summed E-state index contributed by atoms with van der Waals surface area (Å²) in [4.78, 5) is 8.21. The molecular weight excluding hydrogens is 291 g/mol. The molecule has 1 fully saturated rings. The van der Waals surface area contributed by atoms with Gasteiger partial charge in [0.2, 0.25) is 0 Å². The van der Waals surface area contributed by atoms with Crippen molar-refractivity contribution in [1.29, 1.82) is 0 Å². The number of alkyl halides is 3. The van der Waals surface area contributed by atoms with Gasteiger partial charge in [-0.15, -0.1) is 0 Å². The third kappa shape index (κ3) is 3.15. The second-order valence-electron chi connectivity index (χ2n) is 6.05. The van der Waals surface area contributed by atoms with Gasteiger partial charge in [0.05, 0.1) is 11.1 Å². The minimum Gasteiger partial charge on any atom is -0.367 e. The molecule has 0 unspecified atom stereocenters. The van der Waals surface area contributed by atoms with E-state index in [1.54, 1.807) is 0 Å². The zero-order valence-corrected chi connectivity index (χ0v) is 12.3. The zero-order chi connectivity index (χ0) is 15.7. The van der Waals surface area contributed by atoms with Crippen LogP contribution in [0.5, 0.6) is 0 Å². The first-order chi connectivity index (χ1) is 10.4. The monoisotopic (exact) mass is 309 g/mol. The molecule has 118 valence electrons. The van der Waals surface area contributed by atoms with Crippen molar-refractivity contribution in [3.8, 4) is 0 Å². The number of nitrogens with one attached hydrogen (secondary N) is 1. The third-order valence-corrected chi connectivity index (χ3v) is 4.32. The van der Waals surface area contributed by atoms with Crippen LogP contribution in [0.15, 0.2) is 24.5 Å². The average Bonchev–Trinajstić information content (AvgIpc) is 2.48. The lowest BCUT2D eigenvalue weighted by molar-refractivity contribution is -0.137. The van der Waals surface area contributed by atoms with Crippen LogP contribution >= 0.6 is 0 Å². The summed E-state index contributed by atoms with van der Waals surface area (Å²) in [6.45, 7) is 2.23. The average molecular weight is 309 g/mol. The number of benzene rings is 1. The SMILES string of the molecule is CC1CCC(Nc2ncnc3ccc(C(F)(F)F)cc23)CC1. The predicted octanol–water partition coefficient (Wildman–Crippen LogP) is 4.64.